The number of nitrogens with one attached hydrogen (secondary N) is 1. The molecule has 6 nitrogen and oxygen atoms in total. The summed E-state index contributed by atoms with van der Waals surface area (Å²) in [5.41, 5.74) is 1.60. The molecule has 48 heavy (non-hydrogen) atoms. The molecule has 0 spiro atoms. The van der Waals surface area contributed by atoms with E-state index < -0.39 is 5.41 Å². The van der Waals surface area contributed by atoms with E-state index in [1.54, 1.807) is 20.0 Å². The predicted octanol–water partition coefficient (Wildman–Crippen LogP) is 9.27. The number of rotatable bonds is 7. The number of carbonyl (C=O) groups excluding carboxylic acids is 3. The number of fused-ring (bicyclic) bond motifs is 7. The third-order valence-corrected chi connectivity index (χ3v) is 14.3. The molecule has 266 valence electrons. The minimum atomic E-state index is -0.688. The summed E-state index contributed by atoms with van der Waals surface area (Å²) < 4.78 is 6.17. The number of ether oxygens (including phenoxy) is 1. The minimum Gasteiger partial charge on any atom is -0.462 e. The van der Waals surface area contributed by atoms with Gasteiger partial charge in [0.1, 0.15) is 12.4 Å². The van der Waals surface area contributed by atoms with E-state index in [1.165, 1.54) is 50.5 Å². The second-order valence-corrected chi connectivity index (χ2v) is 18.5. The molecule has 5 saturated carbocycles. The van der Waals surface area contributed by atoms with Crippen molar-refractivity contribution in [1.29, 1.82) is 0 Å². The molecule has 6 rings (SSSR count). The third-order valence-electron chi connectivity index (χ3n) is 14.3. The lowest BCUT2D eigenvalue weighted by Gasteiger charge is -2.69. The van der Waals surface area contributed by atoms with Crippen LogP contribution in [0.2, 0.25) is 0 Å². The number of aldehydes is 1. The molecule has 5 fully saturated rings. The van der Waals surface area contributed by atoms with Crippen molar-refractivity contribution in [3.05, 3.63) is 42.2 Å². The van der Waals surface area contributed by atoms with E-state index >= 15 is 0 Å². The van der Waals surface area contributed by atoms with E-state index in [9.17, 15) is 14.4 Å². The van der Waals surface area contributed by atoms with Gasteiger partial charge < -0.3 is 14.8 Å². The van der Waals surface area contributed by atoms with E-state index in [0.717, 1.165) is 37.7 Å². The van der Waals surface area contributed by atoms with Gasteiger partial charge in [0, 0.05) is 17.0 Å². The SMILES string of the molecule is C=C(C)C.CC(C)(C=O)CC(=O)O[C@H]1CC[C@@]2(C)C(CC[C@@]3(C)C4CC[C@@]5(C(=O)NCc6ccccn6)CCCC5C4CCC32)C1(C)C. The highest BCUT2D eigenvalue weighted by Gasteiger charge is 2.67. The zero-order valence-electron chi connectivity index (χ0n) is 31.3. The molecule has 0 saturated heterocycles. The van der Waals surface area contributed by atoms with Gasteiger partial charge in [-0.25, -0.2) is 0 Å². The third kappa shape index (κ3) is 6.67. The van der Waals surface area contributed by atoms with Crippen molar-refractivity contribution in [1.82, 2.24) is 10.3 Å². The highest BCUT2D eigenvalue weighted by Crippen LogP contribution is 2.73. The Kier molecular flexibility index (Phi) is 10.5. The van der Waals surface area contributed by atoms with Gasteiger partial charge in [-0.05, 0) is 131 Å². The van der Waals surface area contributed by atoms with Crippen molar-refractivity contribution in [2.75, 3.05) is 0 Å². The summed E-state index contributed by atoms with van der Waals surface area (Å²) in [4.78, 5) is 42.7. The molecule has 1 aromatic rings. The molecule has 1 heterocycles. The van der Waals surface area contributed by atoms with Crippen LogP contribution in [0.1, 0.15) is 138 Å². The maximum Gasteiger partial charge on any atom is 0.307 e. The van der Waals surface area contributed by atoms with E-state index in [1.807, 2.05) is 32.0 Å². The molecular weight excluding hydrogens is 596 g/mol. The van der Waals surface area contributed by atoms with E-state index in [2.05, 4.69) is 44.6 Å². The first-order valence-corrected chi connectivity index (χ1v) is 19.0. The Balaban J connectivity index is 0.00000107. The van der Waals surface area contributed by atoms with Crippen molar-refractivity contribution in [3.63, 3.8) is 0 Å². The fraction of sp³-hybridized carbons (Fsp3) is 0.762. The van der Waals surface area contributed by atoms with Crippen molar-refractivity contribution < 1.29 is 19.1 Å². The number of esters is 1. The molecule has 6 heteroatoms. The number of pyridine rings is 1. The first kappa shape index (κ1) is 36.8. The summed E-state index contributed by atoms with van der Waals surface area (Å²) in [6, 6.07) is 5.90. The van der Waals surface area contributed by atoms with E-state index in [-0.39, 0.29) is 40.6 Å². The van der Waals surface area contributed by atoms with Gasteiger partial charge in [0.25, 0.3) is 0 Å². The summed E-state index contributed by atoms with van der Waals surface area (Å²) in [6.07, 6.45) is 15.2. The molecule has 1 aromatic heterocycles. The van der Waals surface area contributed by atoms with Gasteiger partial charge >= 0.3 is 5.97 Å². The molecule has 1 N–H and O–H groups in total. The summed E-state index contributed by atoms with van der Waals surface area (Å²) in [6.45, 7) is 21.5. The van der Waals surface area contributed by atoms with E-state index in [4.69, 9.17) is 4.74 Å². The average molecular weight is 661 g/mol. The first-order chi connectivity index (χ1) is 22.5. The minimum absolute atomic E-state index is 0.102. The van der Waals surface area contributed by atoms with Crippen LogP contribution >= 0.6 is 0 Å². The summed E-state index contributed by atoms with van der Waals surface area (Å²) in [5.74, 6) is 3.02. The van der Waals surface area contributed by atoms with Crippen molar-refractivity contribution in [2.24, 2.45) is 56.7 Å². The fourth-order valence-electron chi connectivity index (χ4n) is 12.3. The number of aromatic nitrogens is 1. The highest BCUT2D eigenvalue weighted by molar-refractivity contribution is 5.83. The summed E-state index contributed by atoms with van der Waals surface area (Å²) in [5, 5.41) is 3.32. The number of allylic oxidation sites excluding steroid dienone is 1. The van der Waals surface area contributed by atoms with Crippen molar-refractivity contribution in [3.8, 4) is 0 Å². The Bertz CT molecular complexity index is 1350. The molecule has 0 aliphatic heterocycles. The van der Waals surface area contributed by atoms with Crippen molar-refractivity contribution >= 4 is 18.2 Å². The number of carbonyl (C=O) groups is 3. The van der Waals surface area contributed by atoms with Gasteiger partial charge in [0.2, 0.25) is 5.91 Å². The molecule has 9 atom stereocenters. The normalized spacial score (nSPS) is 38.0. The lowest BCUT2D eigenvalue weighted by Crippen LogP contribution is -2.64. The standard InChI is InChI=1S/C38H56N2O4.C4H8/c1-34(2,24-41)22-32(42)44-31-16-19-37(6)29(35(31,3)4)15-18-36(5)27-14-20-38(33(43)40-23-25-10-7-8-21-39-25)17-9-11-28(38)26(27)12-13-30(36)37;1-4(2)3/h7-8,10,21,24,26-31H,9,11-20,22-23H2,1-6H3,(H,40,43);1H2,2-3H3/t26?,27?,28?,29?,30?,31-,36-,37-,38-;/m0./s1. The molecule has 0 radical (unpaired) electrons. The van der Waals surface area contributed by atoms with Gasteiger partial charge in [0.15, 0.2) is 0 Å². The van der Waals surface area contributed by atoms with Crippen LogP contribution in [-0.2, 0) is 25.7 Å². The topological polar surface area (TPSA) is 85.4 Å². The van der Waals surface area contributed by atoms with Crippen LogP contribution in [0.25, 0.3) is 0 Å². The van der Waals surface area contributed by atoms with Crippen LogP contribution in [0, 0.1) is 56.7 Å². The van der Waals surface area contributed by atoms with Crippen LogP contribution in [0.4, 0.5) is 0 Å². The van der Waals surface area contributed by atoms with Gasteiger partial charge in [-0.1, -0.05) is 59.6 Å². The molecular formula is C42H64N2O4. The largest absolute Gasteiger partial charge is 0.462 e. The van der Waals surface area contributed by atoms with Gasteiger partial charge in [-0.15, -0.1) is 6.58 Å². The number of hydrogen-bond donors (Lipinski definition) is 1. The molecule has 1 amide bonds. The fourth-order valence-corrected chi connectivity index (χ4v) is 12.3. The molecule has 5 aliphatic carbocycles. The van der Waals surface area contributed by atoms with Gasteiger partial charge in [-0.2, -0.15) is 0 Å². The maximum absolute atomic E-state index is 13.9. The number of hydrogen-bond acceptors (Lipinski definition) is 5. The molecule has 0 aromatic carbocycles. The van der Waals surface area contributed by atoms with Crippen LogP contribution in [0.5, 0.6) is 0 Å². The average Bonchev–Trinajstić information content (AvgIpc) is 3.47. The summed E-state index contributed by atoms with van der Waals surface area (Å²) in [7, 11) is 0. The maximum atomic E-state index is 13.9. The second-order valence-electron chi connectivity index (χ2n) is 18.5. The first-order valence-electron chi connectivity index (χ1n) is 19.0. The number of amides is 1. The Morgan fingerprint density at radius 1 is 0.938 bits per heavy atom. The van der Waals surface area contributed by atoms with Crippen molar-refractivity contribution in [2.45, 2.75) is 145 Å². The molecule has 5 unspecified atom stereocenters. The van der Waals surface area contributed by atoms with Crippen LogP contribution in [0.15, 0.2) is 36.5 Å². The number of nitrogens with zero attached hydrogens (tertiary/aromatic N) is 1. The van der Waals surface area contributed by atoms with Crippen LogP contribution in [0.3, 0.4) is 0 Å². The van der Waals surface area contributed by atoms with Gasteiger partial charge in [-0.3, -0.25) is 14.6 Å². The molecule has 0 bridgehead atoms. The quantitative estimate of drug-likeness (QED) is 0.179. The van der Waals surface area contributed by atoms with E-state index in [0.29, 0.717) is 41.5 Å². The lowest BCUT2D eigenvalue weighted by molar-refractivity contribution is -0.221. The Morgan fingerprint density at radius 3 is 2.31 bits per heavy atom. The summed E-state index contributed by atoms with van der Waals surface area (Å²) >= 11 is 0. The Hall–Kier alpha value is -2.50. The zero-order chi connectivity index (χ0) is 35.1. The lowest BCUT2D eigenvalue weighted by atomic mass is 9.36. The Morgan fingerprint density at radius 2 is 1.65 bits per heavy atom. The highest BCUT2D eigenvalue weighted by atomic mass is 16.5. The second kappa shape index (κ2) is 13.7. The smallest absolute Gasteiger partial charge is 0.307 e. The van der Waals surface area contributed by atoms with Crippen LogP contribution in [-0.4, -0.2) is 29.3 Å². The zero-order valence-corrected chi connectivity index (χ0v) is 31.3. The Labute approximate surface area is 291 Å². The predicted molar refractivity (Wildman–Crippen MR) is 192 cm³/mol. The van der Waals surface area contributed by atoms with Gasteiger partial charge in [0.05, 0.1) is 24.1 Å². The molecule has 5 aliphatic rings. The monoisotopic (exact) mass is 660 g/mol. The van der Waals surface area contributed by atoms with Crippen LogP contribution < -0.4 is 5.32 Å².